The first-order valence-electron chi connectivity index (χ1n) is 14.2. The van der Waals surface area contributed by atoms with Crippen LogP contribution in [0.1, 0.15) is 56.3 Å². The van der Waals surface area contributed by atoms with Gasteiger partial charge >= 0.3 is 12.0 Å². The molecule has 2 aliphatic rings. The summed E-state index contributed by atoms with van der Waals surface area (Å²) in [6.45, 7) is 9.02. The van der Waals surface area contributed by atoms with Gasteiger partial charge in [-0.25, -0.2) is 9.59 Å². The number of urea groups is 1. The molecule has 1 aromatic heterocycles. The van der Waals surface area contributed by atoms with Crippen LogP contribution >= 0.6 is 0 Å². The van der Waals surface area contributed by atoms with Crippen LogP contribution in [0.4, 0.5) is 4.79 Å². The fraction of sp³-hybridized carbons (Fsp3) is 0.406. The smallest absolute Gasteiger partial charge is 0.338 e. The zero-order valence-electron chi connectivity index (χ0n) is 23.4. The minimum Gasteiger partial charge on any atom is -0.464 e. The number of hydrogen-bond acceptors (Lipinski definition) is 6. The monoisotopic (exact) mass is 543 g/mol. The van der Waals surface area contributed by atoms with Crippen LogP contribution in [0.15, 0.2) is 75.3 Å². The summed E-state index contributed by atoms with van der Waals surface area (Å²) in [5.74, 6) is -0.250. The van der Waals surface area contributed by atoms with E-state index < -0.39 is 12.0 Å². The molecule has 8 nitrogen and oxygen atoms in total. The van der Waals surface area contributed by atoms with Gasteiger partial charge in [0.15, 0.2) is 5.43 Å². The van der Waals surface area contributed by atoms with E-state index in [2.05, 4.69) is 34.5 Å². The highest BCUT2D eigenvalue weighted by molar-refractivity contribution is 5.95. The van der Waals surface area contributed by atoms with Gasteiger partial charge in [0.25, 0.3) is 0 Å². The number of benzene rings is 2. The zero-order valence-corrected chi connectivity index (χ0v) is 23.4. The molecule has 1 atom stereocenters. The second-order valence-corrected chi connectivity index (χ2v) is 10.6. The van der Waals surface area contributed by atoms with Crippen molar-refractivity contribution in [2.75, 3.05) is 26.2 Å². The van der Waals surface area contributed by atoms with Crippen molar-refractivity contribution in [1.82, 2.24) is 15.1 Å². The summed E-state index contributed by atoms with van der Waals surface area (Å²) < 4.78 is 11.2. The molecule has 1 saturated heterocycles. The van der Waals surface area contributed by atoms with E-state index in [9.17, 15) is 14.4 Å². The largest absolute Gasteiger partial charge is 0.464 e. The van der Waals surface area contributed by atoms with Crippen molar-refractivity contribution < 1.29 is 18.7 Å². The average Bonchev–Trinajstić information content (AvgIpc) is 2.96. The standard InChI is InChI=1S/C32H37N3O5/c1-4-22-11-12-25-27(17-22)40-20-26(30(25)36)29-28(31(37)39-5-2)21(3)35(32(38)33-29)19-24-13-15-34(16-14-24)18-23-9-7-6-8-10-23/h6-12,17,20,24,29H,4-5,13-16,18-19H2,1-3H3,(H,33,38). The van der Waals surface area contributed by atoms with Crippen LogP contribution in [0.25, 0.3) is 11.0 Å². The Morgan fingerprint density at radius 3 is 2.50 bits per heavy atom. The van der Waals surface area contributed by atoms with E-state index in [0.717, 1.165) is 44.5 Å². The molecular weight excluding hydrogens is 506 g/mol. The fourth-order valence-electron chi connectivity index (χ4n) is 5.74. The number of aryl methyl sites for hydroxylation is 1. The van der Waals surface area contributed by atoms with Gasteiger partial charge in [-0.2, -0.15) is 0 Å². The number of hydrogen-bond donors (Lipinski definition) is 1. The van der Waals surface area contributed by atoms with Crippen molar-refractivity contribution >= 4 is 23.0 Å². The summed E-state index contributed by atoms with van der Waals surface area (Å²) in [6.07, 6.45) is 4.09. The van der Waals surface area contributed by atoms with Gasteiger partial charge in [0.05, 0.1) is 29.2 Å². The molecule has 210 valence electrons. The van der Waals surface area contributed by atoms with Crippen LogP contribution < -0.4 is 10.7 Å². The van der Waals surface area contributed by atoms with E-state index in [1.54, 1.807) is 24.8 Å². The maximum Gasteiger partial charge on any atom is 0.338 e. The van der Waals surface area contributed by atoms with Gasteiger partial charge in [-0.05, 0) is 75.4 Å². The minimum absolute atomic E-state index is 0.183. The van der Waals surface area contributed by atoms with E-state index in [-0.39, 0.29) is 29.2 Å². The molecule has 0 aliphatic carbocycles. The summed E-state index contributed by atoms with van der Waals surface area (Å²) in [5.41, 5.74) is 3.54. The Bertz CT molecular complexity index is 1470. The third-order valence-corrected chi connectivity index (χ3v) is 8.07. The quantitative estimate of drug-likeness (QED) is 0.394. The zero-order chi connectivity index (χ0) is 28.2. The number of allylic oxidation sites excluding steroid dienone is 1. The summed E-state index contributed by atoms with van der Waals surface area (Å²) in [7, 11) is 0. The molecule has 2 amide bonds. The molecule has 3 aromatic rings. The first kappa shape index (κ1) is 27.6. The van der Waals surface area contributed by atoms with E-state index >= 15 is 0 Å². The van der Waals surface area contributed by atoms with Gasteiger partial charge in [-0.3, -0.25) is 14.6 Å². The first-order valence-corrected chi connectivity index (χ1v) is 14.2. The van der Waals surface area contributed by atoms with Crippen molar-refractivity contribution in [2.24, 2.45) is 5.92 Å². The number of carbonyl (C=O) groups excluding carboxylic acids is 2. The van der Waals surface area contributed by atoms with Crippen molar-refractivity contribution in [3.05, 3.63) is 93.0 Å². The van der Waals surface area contributed by atoms with Gasteiger partial charge in [0, 0.05) is 18.8 Å². The number of amides is 2. The molecule has 2 aliphatic heterocycles. The molecule has 3 heterocycles. The predicted molar refractivity (Wildman–Crippen MR) is 154 cm³/mol. The van der Waals surface area contributed by atoms with Gasteiger partial charge in [-0.15, -0.1) is 0 Å². The SMILES string of the molecule is CCOC(=O)C1=C(C)N(CC2CCN(Cc3ccccc3)CC2)C(=O)NC1c1coc2cc(CC)ccc2c1=O. The third kappa shape index (κ3) is 5.68. The lowest BCUT2D eigenvalue weighted by molar-refractivity contribution is -0.139. The summed E-state index contributed by atoms with van der Waals surface area (Å²) in [6, 6.07) is 14.6. The Hall–Kier alpha value is -3.91. The third-order valence-electron chi connectivity index (χ3n) is 8.07. The highest BCUT2D eigenvalue weighted by Gasteiger charge is 2.39. The van der Waals surface area contributed by atoms with Crippen LogP contribution in [-0.4, -0.2) is 48.0 Å². The van der Waals surface area contributed by atoms with Crippen molar-refractivity contribution in [3.63, 3.8) is 0 Å². The maximum atomic E-state index is 13.5. The molecule has 2 aromatic carbocycles. The molecular formula is C32H37N3O5. The molecule has 8 heteroatoms. The van der Waals surface area contributed by atoms with Crippen molar-refractivity contribution in [2.45, 2.75) is 52.6 Å². The number of likely N-dealkylation sites (tertiary alicyclic amines) is 1. The summed E-state index contributed by atoms with van der Waals surface area (Å²) in [4.78, 5) is 44.2. The first-order chi connectivity index (χ1) is 19.4. The molecule has 5 rings (SSSR count). The maximum absolute atomic E-state index is 13.5. The predicted octanol–water partition coefficient (Wildman–Crippen LogP) is 5.17. The Morgan fingerprint density at radius 1 is 1.05 bits per heavy atom. The number of esters is 1. The molecule has 1 unspecified atom stereocenters. The number of ether oxygens (including phenoxy) is 1. The summed E-state index contributed by atoms with van der Waals surface area (Å²) >= 11 is 0. The van der Waals surface area contributed by atoms with Crippen LogP contribution in [0.3, 0.4) is 0 Å². The number of nitrogens with one attached hydrogen (secondary N) is 1. The Kier molecular flexibility index (Phi) is 8.35. The average molecular weight is 544 g/mol. The van der Waals surface area contributed by atoms with Crippen LogP contribution in [0, 0.1) is 5.92 Å². The molecule has 1 N–H and O–H groups in total. The topological polar surface area (TPSA) is 92.1 Å². The van der Waals surface area contributed by atoms with E-state index in [0.29, 0.717) is 29.1 Å². The number of fused-ring (bicyclic) bond motifs is 1. The van der Waals surface area contributed by atoms with Crippen LogP contribution in [-0.2, 0) is 22.5 Å². The van der Waals surface area contributed by atoms with Gasteiger partial charge in [0.1, 0.15) is 11.8 Å². The Labute approximate surface area is 234 Å². The molecule has 40 heavy (non-hydrogen) atoms. The molecule has 0 saturated carbocycles. The lowest BCUT2D eigenvalue weighted by atomic mass is 9.92. The summed E-state index contributed by atoms with van der Waals surface area (Å²) in [5, 5.41) is 3.33. The normalized spacial score (nSPS) is 18.7. The van der Waals surface area contributed by atoms with Crippen molar-refractivity contribution in [1.29, 1.82) is 0 Å². The molecule has 0 radical (unpaired) electrons. The van der Waals surface area contributed by atoms with Crippen LogP contribution in [0.2, 0.25) is 0 Å². The number of piperidine rings is 1. The van der Waals surface area contributed by atoms with E-state index in [4.69, 9.17) is 9.15 Å². The van der Waals surface area contributed by atoms with Gasteiger partial charge < -0.3 is 14.5 Å². The van der Waals surface area contributed by atoms with Gasteiger partial charge in [0.2, 0.25) is 0 Å². The van der Waals surface area contributed by atoms with E-state index in [1.165, 1.54) is 11.8 Å². The molecule has 0 bridgehead atoms. The second kappa shape index (κ2) is 12.1. The molecule has 1 fully saturated rings. The highest BCUT2D eigenvalue weighted by Crippen LogP contribution is 2.32. The number of nitrogens with zero attached hydrogens (tertiary/aromatic N) is 2. The second-order valence-electron chi connectivity index (χ2n) is 10.6. The molecule has 0 spiro atoms. The lowest BCUT2D eigenvalue weighted by Crippen LogP contribution is -2.51. The Morgan fingerprint density at radius 2 is 1.80 bits per heavy atom. The fourth-order valence-corrected chi connectivity index (χ4v) is 5.74. The highest BCUT2D eigenvalue weighted by atomic mass is 16.5. The van der Waals surface area contributed by atoms with Crippen LogP contribution in [0.5, 0.6) is 0 Å². The Balaban J connectivity index is 1.38. The number of carbonyl (C=O) groups is 2. The van der Waals surface area contributed by atoms with E-state index in [1.807, 2.05) is 25.1 Å². The lowest BCUT2D eigenvalue weighted by Gasteiger charge is -2.39. The minimum atomic E-state index is -0.956. The van der Waals surface area contributed by atoms with Crippen molar-refractivity contribution in [3.8, 4) is 0 Å². The van der Waals surface area contributed by atoms with Gasteiger partial charge in [-0.1, -0.05) is 43.3 Å². The number of rotatable bonds is 8.